The zero-order valence-corrected chi connectivity index (χ0v) is 17.2. The van der Waals surface area contributed by atoms with Crippen LogP contribution in [0.3, 0.4) is 0 Å². The summed E-state index contributed by atoms with van der Waals surface area (Å²) in [4.78, 5) is 29.7. The van der Waals surface area contributed by atoms with Crippen molar-refractivity contribution in [1.82, 2.24) is 9.55 Å². The van der Waals surface area contributed by atoms with Gasteiger partial charge in [0, 0.05) is 12.4 Å². The molecule has 8 heteroatoms. The minimum atomic E-state index is -3.89. The number of esters is 1. The SMILES string of the molecule is COC(=O)c1c(C(F)(F)Cl)nc(C(C)C)c(C(=O)n2cccc2)c1CC(C)C. The largest absolute Gasteiger partial charge is 0.465 e. The maximum Gasteiger partial charge on any atom is 0.365 e. The maximum atomic E-state index is 14.2. The van der Waals surface area contributed by atoms with Gasteiger partial charge >= 0.3 is 11.4 Å². The van der Waals surface area contributed by atoms with E-state index in [0.717, 1.165) is 7.11 Å². The number of ether oxygens (including phenoxy) is 1. The molecule has 0 unspecified atom stereocenters. The molecule has 0 saturated heterocycles. The fourth-order valence-electron chi connectivity index (χ4n) is 3.05. The molecule has 0 atom stereocenters. The van der Waals surface area contributed by atoms with E-state index in [0.29, 0.717) is 0 Å². The Labute approximate surface area is 167 Å². The van der Waals surface area contributed by atoms with Gasteiger partial charge in [0.2, 0.25) is 0 Å². The summed E-state index contributed by atoms with van der Waals surface area (Å²) in [7, 11) is 1.08. The third-order valence-electron chi connectivity index (χ3n) is 4.20. The Morgan fingerprint density at radius 1 is 1.18 bits per heavy atom. The molecule has 0 saturated carbocycles. The van der Waals surface area contributed by atoms with E-state index < -0.39 is 28.5 Å². The van der Waals surface area contributed by atoms with Gasteiger partial charge in [-0.1, -0.05) is 27.7 Å². The Hall–Kier alpha value is -2.28. The number of hydrogen-bond acceptors (Lipinski definition) is 4. The highest BCUT2D eigenvalue weighted by molar-refractivity contribution is 6.22. The summed E-state index contributed by atoms with van der Waals surface area (Å²) in [5.41, 5.74) is -0.864. The van der Waals surface area contributed by atoms with E-state index in [4.69, 9.17) is 16.3 Å². The van der Waals surface area contributed by atoms with Gasteiger partial charge in [-0.2, -0.15) is 8.78 Å². The smallest absolute Gasteiger partial charge is 0.365 e. The van der Waals surface area contributed by atoms with Crippen molar-refractivity contribution in [3.63, 3.8) is 0 Å². The highest BCUT2D eigenvalue weighted by Crippen LogP contribution is 2.39. The molecule has 0 radical (unpaired) electrons. The molecule has 0 spiro atoms. The van der Waals surface area contributed by atoms with Gasteiger partial charge in [-0.15, -0.1) is 0 Å². The average molecular weight is 413 g/mol. The summed E-state index contributed by atoms with van der Waals surface area (Å²) in [5, 5.41) is -3.89. The standard InChI is InChI=1S/C20H23ClF2N2O3/c1-11(2)10-13-14(18(26)25-8-6-7-9-25)16(12(3)4)24-17(20(21,22)23)15(13)19(27)28-5/h6-9,11-12H,10H2,1-5H3. The van der Waals surface area contributed by atoms with Gasteiger partial charge in [0.25, 0.3) is 5.91 Å². The lowest BCUT2D eigenvalue weighted by atomic mass is 9.88. The van der Waals surface area contributed by atoms with Crippen LogP contribution in [0.15, 0.2) is 24.5 Å². The first-order valence-corrected chi connectivity index (χ1v) is 9.26. The quantitative estimate of drug-likeness (QED) is 0.496. The van der Waals surface area contributed by atoms with Gasteiger partial charge in [-0.05, 0) is 47.6 Å². The van der Waals surface area contributed by atoms with Crippen molar-refractivity contribution in [3.8, 4) is 0 Å². The van der Waals surface area contributed by atoms with Crippen molar-refractivity contribution in [2.24, 2.45) is 5.92 Å². The zero-order chi connectivity index (χ0) is 21.2. The van der Waals surface area contributed by atoms with Gasteiger partial charge < -0.3 is 4.74 Å². The van der Waals surface area contributed by atoms with Gasteiger partial charge in [-0.25, -0.2) is 9.78 Å². The molecule has 2 aromatic rings. The van der Waals surface area contributed by atoms with Crippen molar-refractivity contribution in [1.29, 1.82) is 0 Å². The fraction of sp³-hybridized carbons (Fsp3) is 0.450. The second-order valence-corrected chi connectivity index (χ2v) is 7.69. The van der Waals surface area contributed by atoms with Crippen LogP contribution in [0, 0.1) is 5.92 Å². The molecule has 0 fully saturated rings. The summed E-state index contributed by atoms with van der Waals surface area (Å²) < 4.78 is 34.4. The van der Waals surface area contributed by atoms with Gasteiger partial charge in [0.1, 0.15) is 5.69 Å². The lowest BCUT2D eigenvalue weighted by Gasteiger charge is -2.23. The monoisotopic (exact) mass is 412 g/mol. The summed E-state index contributed by atoms with van der Waals surface area (Å²) >= 11 is 5.29. The molecular formula is C20H23ClF2N2O3. The topological polar surface area (TPSA) is 61.2 Å². The van der Waals surface area contributed by atoms with Crippen molar-refractivity contribution >= 4 is 23.5 Å². The average Bonchev–Trinajstić information content (AvgIpc) is 3.12. The zero-order valence-electron chi connectivity index (χ0n) is 16.4. The van der Waals surface area contributed by atoms with Crippen LogP contribution in [-0.4, -0.2) is 28.5 Å². The first kappa shape index (κ1) is 22.0. The first-order chi connectivity index (χ1) is 13.0. The molecule has 0 amide bonds. The Bertz CT molecular complexity index is 873. The number of rotatable bonds is 6. The first-order valence-electron chi connectivity index (χ1n) is 8.88. The lowest BCUT2D eigenvalue weighted by Crippen LogP contribution is -2.26. The number of nitrogens with zero attached hydrogens (tertiary/aromatic N) is 2. The highest BCUT2D eigenvalue weighted by atomic mass is 35.5. The molecule has 0 N–H and O–H groups in total. The van der Waals surface area contributed by atoms with Crippen LogP contribution >= 0.6 is 11.6 Å². The van der Waals surface area contributed by atoms with E-state index in [1.54, 1.807) is 38.4 Å². The van der Waals surface area contributed by atoms with Crippen LogP contribution in [0.25, 0.3) is 0 Å². The summed E-state index contributed by atoms with van der Waals surface area (Å²) in [6.07, 6.45) is 3.30. The number of hydrogen-bond donors (Lipinski definition) is 0. The minimum Gasteiger partial charge on any atom is -0.465 e. The molecule has 2 aromatic heterocycles. The molecule has 2 heterocycles. The number of pyridine rings is 1. The number of carbonyl (C=O) groups is 2. The van der Waals surface area contributed by atoms with Gasteiger partial charge in [0.05, 0.1) is 23.9 Å². The van der Waals surface area contributed by atoms with Crippen LogP contribution in [0.2, 0.25) is 0 Å². The Balaban J connectivity index is 2.99. The number of halogens is 3. The molecule has 0 aliphatic heterocycles. The van der Waals surface area contributed by atoms with Crippen molar-refractivity contribution in [2.75, 3.05) is 7.11 Å². The van der Waals surface area contributed by atoms with Gasteiger partial charge in [0.15, 0.2) is 0 Å². The van der Waals surface area contributed by atoms with Gasteiger partial charge in [-0.3, -0.25) is 9.36 Å². The highest BCUT2D eigenvalue weighted by Gasteiger charge is 2.40. The van der Waals surface area contributed by atoms with E-state index in [1.165, 1.54) is 4.57 Å². The number of methoxy groups -OCH3 is 1. The van der Waals surface area contributed by atoms with Crippen LogP contribution in [-0.2, 0) is 16.5 Å². The van der Waals surface area contributed by atoms with Crippen LogP contribution in [0.5, 0.6) is 0 Å². The predicted octanol–water partition coefficient (Wildman–Crippen LogP) is 4.97. The third kappa shape index (κ3) is 4.41. The van der Waals surface area contributed by atoms with Crippen LogP contribution in [0.4, 0.5) is 8.78 Å². The predicted molar refractivity (Wildman–Crippen MR) is 102 cm³/mol. The molecule has 0 aliphatic carbocycles. The molecule has 2 rings (SSSR count). The minimum absolute atomic E-state index is 0.0289. The Kier molecular flexibility index (Phi) is 6.59. The molecule has 0 bridgehead atoms. The Morgan fingerprint density at radius 3 is 2.18 bits per heavy atom. The third-order valence-corrected chi connectivity index (χ3v) is 4.38. The van der Waals surface area contributed by atoms with Crippen molar-refractivity contribution < 1.29 is 23.1 Å². The van der Waals surface area contributed by atoms with Crippen molar-refractivity contribution in [2.45, 2.75) is 45.4 Å². The van der Waals surface area contributed by atoms with E-state index in [-0.39, 0.29) is 35.1 Å². The molecule has 0 aromatic carbocycles. The maximum absolute atomic E-state index is 14.2. The lowest BCUT2D eigenvalue weighted by molar-refractivity contribution is 0.0560. The normalized spacial score (nSPS) is 11.9. The number of carbonyl (C=O) groups excluding carboxylic acids is 2. The van der Waals surface area contributed by atoms with E-state index in [9.17, 15) is 18.4 Å². The summed E-state index contributed by atoms with van der Waals surface area (Å²) in [6, 6.07) is 3.34. The van der Waals surface area contributed by atoms with E-state index in [2.05, 4.69) is 4.98 Å². The second-order valence-electron chi connectivity index (χ2n) is 7.21. The Morgan fingerprint density at radius 2 is 1.75 bits per heavy atom. The summed E-state index contributed by atoms with van der Waals surface area (Å²) in [5.74, 6) is -1.84. The molecule has 28 heavy (non-hydrogen) atoms. The number of aromatic nitrogens is 2. The van der Waals surface area contributed by atoms with Crippen LogP contribution in [0.1, 0.15) is 71.3 Å². The number of alkyl halides is 3. The molecule has 0 aliphatic rings. The summed E-state index contributed by atoms with van der Waals surface area (Å²) in [6.45, 7) is 7.20. The van der Waals surface area contributed by atoms with Crippen LogP contribution < -0.4 is 0 Å². The van der Waals surface area contributed by atoms with E-state index >= 15 is 0 Å². The second kappa shape index (κ2) is 8.39. The molecule has 152 valence electrons. The molecule has 5 nitrogen and oxygen atoms in total. The van der Waals surface area contributed by atoms with E-state index in [1.807, 2.05) is 13.8 Å². The molecular weight excluding hydrogens is 390 g/mol. The van der Waals surface area contributed by atoms with Crippen molar-refractivity contribution in [3.05, 3.63) is 52.6 Å². The fourth-order valence-corrected chi connectivity index (χ4v) is 3.19.